The number of benzene rings is 2. The topological polar surface area (TPSA) is 60.9 Å². The molecule has 1 aliphatic rings. The molecule has 1 fully saturated rings. The highest BCUT2D eigenvalue weighted by molar-refractivity contribution is 6.05. The summed E-state index contributed by atoms with van der Waals surface area (Å²) in [6, 6.07) is 19.1. The molecule has 3 amide bonds. The lowest BCUT2D eigenvalue weighted by molar-refractivity contribution is -0.138. The number of carbonyl (C=O) groups excluding carboxylic acids is 3. The van der Waals surface area contributed by atoms with Crippen LogP contribution >= 0.6 is 0 Å². The molecule has 0 radical (unpaired) electrons. The van der Waals surface area contributed by atoms with Gasteiger partial charge in [0, 0.05) is 31.9 Å². The van der Waals surface area contributed by atoms with Gasteiger partial charge >= 0.3 is 0 Å². The lowest BCUT2D eigenvalue weighted by Gasteiger charge is -2.33. The molecule has 0 aromatic heterocycles. The number of nitrogens with zero attached hydrogens (tertiary/aromatic N) is 3. The van der Waals surface area contributed by atoms with Crippen LogP contribution in [0, 0.1) is 0 Å². The van der Waals surface area contributed by atoms with Crippen molar-refractivity contribution in [1.29, 1.82) is 0 Å². The van der Waals surface area contributed by atoms with Crippen LogP contribution in [-0.4, -0.2) is 54.2 Å². The molecule has 6 nitrogen and oxygen atoms in total. The first-order valence-electron chi connectivity index (χ1n) is 9.04. The van der Waals surface area contributed by atoms with Crippen molar-refractivity contribution in [1.82, 2.24) is 9.80 Å². The zero-order valence-electron chi connectivity index (χ0n) is 15.2. The number of amides is 3. The van der Waals surface area contributed by atoms with Crippen molar-refractivity contribution in [3.05, 3.63) is 66.2 Å². The number of para-hydroxylation sites is 1. The fraction of sp³-hybridized carbons (Fsp3) is 0.286. The van der Waals surface area contributed by atoms with Crippen molar-refractivity contribution >= 4 is 23.9 Å². The minimum atomic E-state index is -0.229. The number of carbonyl (C=O) groups is 3. The maximum absolute atomic E-state index is 12.9. The van der Waals surface area contributed by atoms with Crippen LogP contribution in [0.5, 0.6) is 0 Å². The Morgan fingerprint density at radius 3 is 2.07 bits per heavy atom. The lowest BCUT2D eigenvalue weighted by Crippen LogP contribution is -2.49. The van der Waals surface area contributed by atoms with Gasteiger partial charge in [-0.05, 0) is 17.7 Å². The van der Waals surface area contributed by atoms with Crippen LogP contribution in [0.3, 0.4) is 0 Å². The molecule has 0 bridgehead atoms. The minimum absolute atomic E-state index is 0.178. The molecule has 0 atom stereocenters. The summed E-state index contributed by atoms with van der Waals surface area (Å²) in [6.07, 6.45) is 0.618. The molecule has 1 saturated heterocycles. The molecule has 6 heteroatoms. The molecule has 0 spiro atoms. The van der Waals surface area contributed by atoms with Gasteiger partial charge in [0.05, 0.1) is 6.54 Å². The third-order valence-corrected chi connectivity index (χ3v) is 4.67. The maximum atomic E-state index is 12.9. The Morgan fingerprint density at radius 1 is 0.889 bits per heavy atom. The molecule has 1 heterocycles. The summed E-state index contributed by atoms with van der Waals surface area (Å²) in [5, 5.41) is 0. The zero-order valence-corrected chi connectivity index (χ0v) is 15.2. The van der Waals surface area contributed by atoms with E-state index in [2.05, 4.69) is 0 Å². The SMILES string of the molecule is O=CN1CCN(C(=O)CC(=O)N(Cc2ccccc2)c2ccccc2)CC1. The van der Waals surface area contributed by atoms with Gasteiger partial charge in [-0.1, -0.05) is 48.5 Å². The maximum Gasteiger partial charge on any atom is 0.236 e. The first kappa shape index (κ1) is 18.6. The van der Waals surface area contributed by atoms with Gasteiger partial charge in [0.25, 0.3) is 0 Å². The van der Waals surface area contributed by atoms with Crippen LogP contribution in [0.1, 0.15) is 12.0 Å². The van der Waals surface area contributed by atoms with E-state index >= 15 is 0 Å². The first-order chi connectivity index (χ1) is 13.2. The Kier molecular flexibility index (Phi) is 6.20. The van der Waals surface area contributed by atoms with Gasteiger partial charge < -0.3 is 14.7 Å². The summed E-state index contributed by atoms with van der Waals surface area (Å²) in [5.74, 6) is -0.424. The summed E-state index contributed by atoms with van der Waals surface area (Å²) in [5.41, 5.74) is 1.77. The third kappa shape index (κ3) is 4.94. The summed E-state index contributed by atoms with van der Waals surface area (Å²) in [7, 11) is 0. The van der Waals surface area contributed by atoms with Gasteiger partial charge in [-0.2, -0.15) is 0 Å². The smallest absolute Gasteiger partial charge is 0.236 e. The van der Waals surface area contributed by atoms with Crippen LogP contribution in [-0.2, 0) is 20.9 Å². The van der Waals surface area contributed by atoms with E-state index in [1.54, 1.807) is 14.7 Å². The fourth-order valence-electron chi connectivity index (χ4n) is 3.11. The van der Waals surface area contributed by atoms with Gasteiger partial charge in [-0.15, -0.1) is 0 Å². The van der Waals surface area contributed by atoms with Crippen LogP contribution in [0.4, 0.5) is 5.69 Å². The molecule has 3 rings (SSSR count). The molecule has 2 aromatic rings. The van der Waals surface area contributed by atoms with E-state index in [1.165, 1.54) is 0 Å². The first-order valence-corrected chi connectivity index (χ1v) is 9.04. The van der Waals surface area contributed by atoms with E-state index in [0.29, 0.717) is 32.7 Å². The minimum Gasteiger partial charge on any atom is -0.342 e. The Hall–Kier alpha value is -3.15. The van der Waals surface area contributed by atoms with Crippen LogP contribution < -0.4 is 4.90 Å². The van der Waals surface area contributed by atoms with Crippen molar-refractivity contribution in [3.63, 3.8) is 0 Å². The fourth-order valence-corrected chi connectivity index (χ4v) is 3.11. The number of rotatable bonds is 6. The monoisotopic (exact) mass is 365 g/mol. The van der Waals surface area contributed by atoms with E-state index in [4.69, 9.17) is 0 Å². The molecule has 140 valence electrons. The Bertz CT molecular complexity index is 772. The number of hydrogen-bond donors (Lipinski definition) is 0. The number of hydrogen-bond acceptors (Lipinski definition) is 3. The molecular formula is C21H23N3O3. The van der Waals surface area contributed by atoms with Gasteiger partial charge in [-0.25, -0.2) is 0 Å². The zero-order chi connectivity index (χ0) is 19.1. The molecule has 1 aliphatic heterocycles. The Labute approximate surface area is 159 Å². The van der Waals surface area contributed by atoms with Crippen molar-refractivity contribution in [2.75, 3.05) is 31.1 Å². The molecule has 0 saturated carbocycles. The van der Waals surface area contributed by atoms with Crippen LogP contribution in [0.15, 0.2) is 60.7 Å². The Morgan fingerprint density at radius 2 is 1.48 bits per heavy atom. The van der Waals surface area contributed by atoms with Gasteiger partial charge in [-0.3, -0.25) is 14.4 Å². The number of piperazine rings is 1. The van der Waals surface area contributed by atoms with Gasteiger partial charge in [0.2, 0.25) is 18.2 Å². The van der Waals surface area contributed by atoms with E-state index in [1.807, 2.05) is 60.7 Å². The largest absolute Gasteiger partial charge is 0.342 e. The quantitative estimate of drug-likeness (QED) is 0.580. The van der Waals surface area contributed by atoms with Crippen molar-refractivity contribution in [3.8, 4) is 0 Å². The number of anilines is 1. The molecule has 27 heavy (non-hydrogen) atoms. The molecule has 0 unspecified atom stereocenters. The molecule has 0 aliphatic carbocycles. The van der Waals surface area contributed by atoms with E-state index in [-0.39, 0.29) is 18.2 Å². The van der Waals surface area contributed by atoms with Crippen molar-refractivity contribution in [2.24, 2.45) is 0 Å². The summed E-state index contributed by atoms with van der Waals surface area (Å²) >= 11 is 0. The summed E-state index contributed by atoms with van der Waals surface area (Å²) in [4.78, 5) is 41.2. The standard InChI is InChI=1S/C21H23N3O3/c25-17-22-11-13-23(14-12-22)20(26)15-21(27)24(19-9-5-2-6-10-19)16-18-7-3-1-4-8-18/h1-10,17H,11-16H2. The highest BCUT2D eigenvalue weighted by Gasteiger charge is 2.25. The van der Waals surface area contributed by atoms with E-state index in [0.717, 1.165) is 17.7 Å². The molecule has 0 N–H and O–H groups in total. The average Bonchev–Trinajstić information content (AvgIpc) is 2.73. The second kappa shape index (κ2) is 8.98. The van der Waals surface area contributed by atoms with Crippen molar-refractivity contribution < 1.29 is 14.4 Å². The lowest BCUT2D eigenvalue weighted by atomic mass is 10.1. The summed E-state index contributed by atoms with van der Waals surface area (Å²) in [6.45, 7) is 2.37. The predicted octanol–water partition coefficient (Wildman–Crippen LogP) is 1.91. The van der Waals surface area contributed by atoms with Crippen molar-refractivity contribution in [2.45, 2.75) is 13.0 Å². The van der Waals surface area contributed by atoms with Gasteiger partial charge in [0.15, 0.2) is 0 Å². The van der Waals surface area contributed by atoms with E-state index in [9.17, 15) is 14.4 Å². The highest BCUT2D eigenvalue weighted by atomic mass is 16.2. The highest BCUT2D eigenvalue weighted by Crippen LogP contribution is 2.18. The average molecular weight is 365 g/mol. The van der Waals surface area contributed by atoms with Crippen LogP contribution in [0.2, 0.25) is 0 Å². The summed E-state index contributed by atoms with van der Waals surface area (Å²) < 4.78 is 0. The predicted molar refractivity (Wildman–Crippen MR) is 103 cm³/mol. The normalized spacial score (nSPS) is 13.9. The Balaban J connectivity index is 1.69. The van der Waals surface area contributed by atoms with E-state index < -0.39 is 0 Å². The second-order valence-electron chi connectivity index (χ2n) is 6.50. The third-order valence-electron chi connectivity index (χ3n) is 4.67. The molecule has 2 aromatic carbocycles. The molecular weight excluding hydrogens is 342 g/mol. The second-order valence-corrected chi connectivity index (χ2v) is 6.50. The van der Waals surface area contributed by atoms with Gasteiger partial charge in [0.1, 0.15) is 6.42 Å². The van der Waals surface area contributed by atoms with Crippen LogP contribution in [0.25, 0.3) is 0 Å².